The molecule has 2 aromatic rings. The number of aromatic nitrogens is 2. The van der Waals surface area contributed by atoms with E-state index in [4.69, 9.17) is 0 Å². The Hall–Kier alpha value is -0.940. The van der Waals surface area contributed by atoms with Gasteiger partial charge < -0.3 is 5.32 Å². The summed E-state index contributed by atoms with van der Waals surface area (Å²) in [7, 11) is 0. The fourth-order valence-electron chi connectivity index (χ4n) is 1.19. The molecule has 5 heteroatoms. The first-order chi connectivity index (χ1) is 7.31. The largest absolute Gasteiger partial charge is 0.369 e. The van der Waals surface area contributed by atoms with Crippen molar-refractivity contribution in [2.75, 3.05) is 11.9 Å². The van der Waals surface area contributed by atoms with Crippen LogP contribution in [0.5, 0.6) is 0 Å². The van der Waals surface area contributed by atoms with Crippen LogP contribution in [0.15, 0.2) is 27.5 Å². The van der Waals surface area contributed by atoms with Crippen molar-refractivity contribution in [2.24, 2.45) is 0 Å². The van der Waals surface area contributed by atoms with Crippen LogP contribution in [0.2, 0.25) is 0 Å². The van der Waals surface area contributed by atoms with Crippen LogP contribution < -0.4 is 5.32 Å². The molecule has 1 N–H and O–H groups in total. The predicted molar refractivity (Wildman–Crippen MR) is 67.2 cm³/mol. The van der Waals surface area contributed by atoms with Gasteiger partial charge in [0.2, 0.25) is 0 Å². The third-order valence-electron chi connectivity index (χ3n) is 1.87. The standard InChI is InChI=1S/C10H10BrN3S/c1-2-12-10-8(11)5-13-9(14-10)7-3-4-15-6-7/h3-6H,2H2,1H3,(H,12,13,14). The van der Waals surface area contributed by atoms with Gasteiger partial charge in [-0.2, -0.15) is 11.3 Å². The summed E-state index contributed by atoms with van der Waals surface area (Å²) in [5.41, 5.74) is 1.06. The quantitative estimate of drug-likeness (QED) is 0.938. The molecular weight excluding hydrogens is 274 g/mol. The van der Waals surface area contributed by atoms with Crippen LogP contribution in [0.1, 0.15) is 6.92 Å². The van der Waals surface area contributed by atoms with Crippen molar-refractivity contribution in [2.45, 2.75) is 6.92 Å². The van der Waals surface area contributed by atoms with Gasteiger partial charge in [0, 0.05) is 23.7 Å². The average molecular weight is 284 g/mol. The maximum atomic E-state index is 4.44. The minimum Gasteiger partial charge on any atom is -0.369 e. The molecule has 0 atom stereocenters. The maximum absolute atomic E-state index is 4.44. The lowest BCUT2D eigenvalue weighted by molar-refractivity contribution is 1.11. The Morgan fingerprint density at radius 3 is 3.07 bits per heavy atom. The van der Waals surface area contributed by atoms with Gasteiger partial charge in [-0.1, -0.05) is 0 Å². The number of nitrogens with one attached hydrogen (secondary N) is 1. The van der Waals surface area contributed by atoms with Gasteiger partial charge in [0.05, 0.1) is 4.47 Å². The Labute approximate surface area is 101 Å². The van der Waals surface area contributed by atoms with Gasteiger partial charge in [0.1, 0.15) is 5.82 Å². The lowest BCUT2D eigenvalue weighted by Crippen LogP contribution is -2.02. The second kappa shape index (κ2) is 4.72. The molecule has 78 valence electrons. The number of hydrogen-bond acceptors (Lipinski definition) is 4. The number of halogens is 1. The minimum absolute atomic E-state index is 0.760. The number of anilines is 1. The van der Waals surface area contributed by atoms with Crippen LogP contribution in [0.25, 0.3) is 11.4 Å². The smallest absolute Gasteiger partial charge is 0.162 e. The summed E-state index contributed by atoms with van der Waals surface area (Å²) < 4.78 is 0.892. The Morgan fingerprint density at radius 1 is 1.53 bits per heavy atom. The molecule has 0 amide bonds. The highest BCUT2D eigenvalue weighted by Crippen LogP contribution is 2.24. The summed E-state index contributed by atoms with van der Waals surface area (Å²) in [5, 5.41) is 7.25. The van der Waals surface area contributed by atoms with Gasteiger partial charge in [-0.15, -0.1) is 0 Å². The van der Waals surface area contributed by atoms with E-state index in [1.165, 1.54) is 0 Å². The molecule has 0 spiro atoms. The minimum atomic E-state index is 0.760. The Kier molecular flexibility index (Phi) is 3.33. The zero-order valence-electron chi connectivity index (χ0n) is 8.20. The molecule has 0 fully saturated rings. The Balaban J connectivity index is 2.38. The number of nitrogens with zero attached hydrogens (tertiary/aromatic N) is 2. The first kappa shape index (κ1) is 10.6. The SMILES string of the molecule is CCNc1nc(-c2ccsc2)ncc1Br. The molecule has 0 aliphatic carbocycles. The van der Waals surface area contributed by atoms with Crippen molar-refractivity contribution in [3.63, 3.8) is 0 Å². The summed E-state index contributed by atoms with van der Waals surface area (Å²) in [6.45, 7) is 2.89. The monoisotopic (exact) mass is 283 g/mol. The molecule has 2 rings (SSSR count). The van der Waals surface area contributed by atoms with Crippen molar-refractivity contribution in [1.82, 2.24) is 9.97 Å². The van der Waals surface area contributed by atoms with Crippen molar-refractivity contribution < 1.29 is 0 Å². The van der Waals surface area contributed by atoms with Crippen molar-refractivity contribution in [3.05, 3.63) is 27.5 Å². The van der Waals surface area contributed by atoms with E-state index >= 15 is 0 Å². The molecule has 0 saturated carbocycles. The molecule has 0 aromatic carbocycles. The molecule has 0 saturated heterocycles. The topological polar surface area (TPSA) is 37.8 Å². The lowest BCUT2D eigenvalue weighted by Gasteiger charge is -2.05. The molecule has 15 heavy (non-hydrogen) atoms. The van der Waals surface area contributed by atoms with Crippen LogP contribution >= 0.6 is 27.3 Å². The van der Waals surface area contributed by atoms with E-state index in [-0.39, 0.29) is 0 Å². The van der Waals surface area contributed by atoms with E-state index in [0.717, 1.165) is 28.2 Å². The van der Waals surface area contributed by atoms with Gasteiger partial charge in [0.25, 0.3) is 0 Å². The van der Waals surface area contributed by atoms with Gasteiger partial charge >= 0.3 is 0 Å². The van der Waals surface area contributed by atoms with E-state index in [1.807, 2.05) is 23.8 Å². The van der Waals surface area contributed by atoms with E-state index in [9.17, 15) is 0 Å². The molecule has 0 bridgehead atoms. The zero-order valence-corrected chi connectivity index (χ0v) is 10.6. The van der Waals surface area contributed by atoms with Crippen LogP contribution in [-0.4, -0.2) is 16.5 Å². The summed E-state index contributed by atoms with van der Waals surface area (Å²) in [6, 6.07) is 2.02. The van der Waals surface area contributed by atoms with Gasteiger partial charge in [0.15, 0.2) is 5.82 Å². The lowest BCUT2D eigenvalue weighted by atomic mass is 10.3. The third-order valence-corrected chi connectivity index (χ3v) is 3.13. The first-order valence-corrected chi connectivity index (χ1v) is 6.34. The third kappa shape index (κ3) is 2.35. The number of rotatable bonds is 3. The Bertz CT molecular complexity index is 442. The molecule has 0 radical (unpaired) electrons. The molecule has 0 aliphatic rings. The second-order valence-electron chi connectivity index (χ2n) is 2.93. The molecule has 2 aromatic heterocycles. The predicted octanol–water partition coefficient (Wildman–Crippen LogP) is 3.40. The van der Waals surface area contributed by atoms with E-state index in [0.29, 0.717) is 0 Å². The van der Waals surface area contributed by atoms with Crippen LogP contribution in [0, 0.1) is 0 Å². The zero-order chi connectivity index (χ0) is 10.7. The fourth-order valence-corrected chi connectivity index (χ4v) is 2.15. The highest BCUT2D eigenvalue weighted by Gasteiger charge is 2.06. The first-order valence-electron chi connectivity index (χ1n) is 4.60. The molecular formula is C10H10BrN3S. The highest BCUT2D eigenvalue weighted by molar-refractivity contribution is 9.10. The van der Waals surface area contributed by atoms with Crippen molar-refractivity contribution in [1.29, 1.82) is 0 Å². The Morgan fingerprint density at radius 2 is 2.40 bits per heavy atom. The maximum Gasteiger partial charge on any atom is 0.162 e. The number of thiophene rings is 1. The van der Waals surface area contributed by atoms with E-state index in [2.05, 4.69) is 31.2 Å². The summed E-state index contributed by atoms with van der Waals surface area (Å²) in [6.07, 6.45) is 1.78. The van der Waals surface area contributed by atoms with Crippen LogP contribution in [0.4, 0.5) is 5.82 Å². The fraction of sp³-hybridized carbons (Fsp3) is 0.200. The molecule has 3 nitrogen and oxygen atoms in total. The van der Waals surface area contributed by atoms with Gasteiger partial charge in [-0.3, -0.25) is 0 Å². The van der Waals surface area contributed by atoms with Gasteiger partial charge in [-0.05, 0) is 34.3 Å². The van der Waals surface area contributed by atoms with Crippen LogP contribution in [-0.2, 0) is 0 Å². The van der Waals surface area contributed by atoms with Gasteiger partial charge in [-0.25, -0.2) is 9.97 Å². The summed E-state index contributed by atoms with van der Waals surface area (Å²) in [4.78, 5) is 8.71. The van der Waals surface area contributed by atoms with Crippen molar-refractivity contribution in [3.8, 4) is 11.4 Å². The van der Waals surface area contributed by atoms with Crippen LogP contribution in [0.3, 0.4) is 0 Å². The normalized spacial score (nSPS) is 10.3. The second-order valence-corrected chi connectivity index (χ2v) is 4.57. The van der Waals surface area contributed by atoms with E-state index < -0.39 is 0 Å². The summed E-state index contributed by atoms with van der Waals surface area (Å²) >= 11 is 5.06. The average Bonchev–Trinajstić information content (AvgIpc) is 2.75. The molecule has 0 unspecified atom stereocenters. The van der Waals surface area contributed by atoms with Crippen molar-refractivity contribution >= 4 is 33.1 Å². The number of hydrogen-bond donors (Lipinski definition) is 1. The summed E-state index contributed by atoms with van der Waals surface area (Å²) in [5.74, 6) is 1.60. The van der Waals surface area contributed by atoms with E-state index in [1.54, 1.807) is 17.5 Å². The highest BCUT2D eigenvalue weighted by atomic mass is 79.9. The molecule has 2 heterocycles. The molecule has 0 aliphatic heterocycles.